The van der Waals surface area contributed by atoms with Gasteiger partial charge in [-0.25, -0.2) is 13.6 Å². The summed E-state index contributed by atoms with van der Waals surface area (Å²) in [7, 11) is -3.58. The number of rotatable bonds is 5. The maximum atomic E-state index is 12.3. The number of carbonyl (C=O) groups excluding carboxylic acids is 1. The first-order valence-electron chi connectivity index (χ1n) is 7.23. The maximum absolute atomic E-state index is 12.3. The van der Waals surface area contributed by atoms with Gasteiger partial charge < -0.3 is 9.88 Å². The average molecular weight is 335 g/mol. The molecule has 1 aromatic heterocycles. The van der Waals surface area contributed by atoms with Gasteiger partial charge in [-0.3, -0.25) is 4.79 Å². The molecule has 0 spiro atoms. The van der Waals surface area contributed by atoms with E-state index in [0.29, 0.717) is 5.56 Å². The Hall–Kier alpha value is -2.12. The fourth-order valence-electron chi connectivity index (χ4n) is 2.56. The number of hydrogen-bond donors (Lipinski definition) is 2. The zero-order valence-corrected chi connectivity index (χ0v) is 14.3. The summed E-state index contributed by atoms with van der Waals surface area (Å²) in [4.78, 5) is 12.3. The number of nitrogens with one attached hydrogen (secondary N) is 1. The van der Waals surface area contributed by atoms with Crippen LogP contribution < -0.4 is 10.5 Å². The molecule has 124 valence electrons. The van der Waals surface area contributed by atoms with Crippen molar-refractivity contribution in [3.8, 4) is 5.69 Å². The molecule has 0 saturated carbocycles. The highest BCUT2D eigenvalue weighted by Crippen LogP contribution is 2.21. The van der Waals surface area contributed by atoms with E-state index in [0.717, 1.165) is 22.6 Å². The van der Waals surface area contributed by atoms with Crippen molar-refractivity contribution < 1.29 is 13.2 Å². The van der Waals surface area contributed by atoms with Crippen LogP contribution in [0.2, 0.25) is 0 Å². The van der Waals surface area contributed by atoms with E-state index in [1.165, 1.54) is 0 Å². The standard InChI is InChI=1S/C16H21N3O3S/c1-11-5-4-6-14(9-11)19-12(2)10-15(13(19)3)16(20)18-7-8-23(17,21)22/h4-6,9-10H,7-8H2,1-3H3,(H,18,20)(H2,17,21,22). The molecular weight excluding hydrogens is 314 g/mol. The van der Waals surface area contributed by atoms with Crippen LogP contribution in [-0.2, 0) is 10.0 Å². The van der Waals surface area contributed by atoms with Crippen LogP contribution in [0.15, 0.2) is 30.3 Å². The SMILES string of the molecule is Cc1cccc(-n2c(C)cc(C(=O)NCCS(N)(=O)=O)c2C)c1. The van der Waals surface area contributed by atoms with Gasteiger partial charge in [0.15, 0.2) is 0 Å². The second-order valence-corrected chi connectivity index (χ2v) is 7.32. The molecule has 7 heteroatoms. The van der Waals surface area contributed by atoms with Gasteiger partial charge in [-0.15, -0.1) is 0 Å². The molecule has 2 aromatic rings. The molecule has 23 heavy (non-hydrogen) atoms. The van der Waals surface area contributed by atoms with Crippen molar-refractivity contribution in [1.29, 1.82) is 0 Å². The van der Waals surface area contributed by atoms with Crippen LogP contribution in [0.4, 0.5) is 0 Å². The van der Waals surface area contributed by atoms with Crippen LogP contribution in [0.25, 0.3) is 5.69 Å². The average Bonchev–Trinajstić information content (AvgIpc) is 2.72. The molecule has 3 N–H and O–H groups in total. The van der Waals surface area contributed by atoms with Crippen molar-refractivity contribution in [3.05, 3.63) is 52.8 Å². The summed E-state index contributed by atoms with van der Waals surface area (Å²) >= 11 is 0. The zero-order valence-electron chi connectivity index (χ0n) is 13.5. The van der Waals surface area contributed by atoms with E-state index in [9.17, 15) is 13.2 Å². The number of carbonyl (C=O) groups is 1. The highest BCUT2D eigenvalue weighted by Gasteiger charge is 2.17. The molecule has 0 bridgehead atoms. The van der Waals surface area contributed by atoms with Crippen molar-refractivity contribution in [3.63, 3.8) is 0 Å². The Morgan fingerprint density at radius 1 is 1.22 bits per heavy atom. The molecule has 0 fully saturated rings. The van der Waals surface area contributed by atoms with Gasteiger partial charge in [0.25, 0.3) is 5.91 Å². The lowest BCUT2D eigenvalue weighted by atomic mass is 10.2. The fourth-order valence-corrected chi connectivity index (χ4v) is 2.95. The number of aryl methyl sites for hydroxylation is 2. The van der Waals surface area contributed by atoms with Crippen LogP contribution in [0.3, 0.4) is 0 Å². The van der Waals surface area contributed by atoms with Crippen molar-refractivity contribution in [2.45, 2.75) is 20.8 Å². The molecule has 1 heterocycles. The summed E-state index contributed by atoms with van der Waals surface area (Å²) in [5.41, 5.74) is 4.39. The lowest BCUT2D eigenvalue weighted by molar-refractivity contribution is 0.0955. The summed E-state index contributed by atoms with van der Waals surface area (Å²) in [6.07, 6.45) is 0. The van der Waals surface area contributed by atoms with Crippen molar-refractivity contribution in [2.24, 2.45) is 5.14 Å². The number of nitrogens with two attached hydrogens (primary N) is 1. The molecule has 0 aliphatic carbocycles. The topological polar surface area (TPSA) is 94.2 Å². The van der Waals surface area contributed by atoms with Gasteiger partial charge in [0.05, 0.1) is 11.3 Å². The first kappa shape index (κ1) is 17.2. The lowest BCUT2D eigenvalue weighted by Gasteiger charge is -2.11. The first-order chi connectivity index (χ1) is 10.7. The summed E-state index contributed by atoms with van der Waals surface area (Å²) in [6.45, 7) is 5.80. The normalized spacial score (nSPS) is 11.5. The number of benzene rings is 1. The third-order valence-corrected chi connectivity index (χ3v) is 4.38. The number of primary sulfonamides is 1. The molecule has 2 rings (SSSR count). The highest BCUT2D eigenvalue weighted by molar-refractivity contribution is 7.89. The summed E-state index contributed by atoms with van der Waals surface area (Å²) < 4.78 is 23.8. The minimum absolute atomic E-state index is 0.00816. The Bertz CT molecular complexity index is 838. The summed E-state index contributed by atoms with van der Waals surface area (Å²) in [6, 6.07) is 9.80. The molecule has 0 aliphatic rings. The van der Waals surface area contributed by atoms with Gasteiger partial charge in [0.2, 0.25) is 10.0 Å². The monoisotopic (exact) mass is 335 g/mol. The van der Waals surface area contributed by atoms with Crippen LogP contribution in [-0.4, -0.2) is 31.2 Å². The third-order valence-electron chi connectivity index (χ3n) is 3.61. The minimum Gasteiger partial charge on any atom is -0.351 e. The third kappa shape index (κ3) is 4.20. The van der Waals surface area contributed by atoms with Gasteiger partial charge in [-0.2, -0.15) is 0 Å². The molecule has 0 radical (unpaired) electrons. The van der Waals surface area contributed by atoms with E-state index in [-0.39, 0.29) is 18.2 Å². The second-order valence-electron chi connectivity index (χ2n) is 5.58. The summed E-state index contributed by atoms with van der Waals surface area (Å²) in [5, 5.41) is 7.51. The summed E-state index contributed by atoms with van der Waals surface area (Å²) in [5.74, 6) is -0.587. The van der Waals surface area contributed by atoms with Crippen molar-refractivity contribution in [1.82, 2.24) is 9.88 Å². The molecule has 0 atom stereocenters. The Morgan fingerprint density at radius 2 is 1.91 bits per heavy atom. The number of aromatic nitrogens is 1. The molecule has 6 nitrogen and oxygen atoms in total. The molecule has 0 aliphatic heterocycles. The smallest absolute Gasteiger partial charge is 0.253 e. The van der Waals surface area contributed by atoms with Gasteiger partial charge in [-0.1, -0.05) is 12.1 Å². The number of hydrogen-bond acceptors (Lipinski definition) is 3. The molecule has 1 aromatic carbocycles. The van der Waals surface area contributed by atoms with E-state index >= 15 is 0 Å². The van der Waals surface area contributed by atoms with Crippen LogP contribution in [0.1, 0.15) is 27.3 Å². The molecule has 0 saturated heterocycles. The highest BCUT2D eigenvalue weighted by atomic mass is 32.2. The van der Waals surface area contributed by atoms with E-state index in [1.54, 1.807) is 6.07 Å². The Balaban J connectivity index is 2.25. The van der Waals surface area contributed by atoms with E-state index in [2.05, 4.69) is 5.32 Å². The van der Waals surface area contributed by atoms with Gasteiger partial charge in [-0.05, 0) is 44.5 Å². The predicted molar refractivity (Wildman–Crippen MR) is 90.3 cm³/mol. The number of amides is 1. The second kappa shape index (κ2) is 6.55. The van der Waals surface area contributed by atoms with E-state index < -0.39 is 10.0 Å². The maximum Gasteiger partial charge on any atom is 0.253 e. The Morgan fingerprint density at radius 3 is 2.52 bits per heavy atom. The zero-order chi connectivity index (χ0) is 17.2. The Kier molecular flexibility index (Phi) is 4.91. The first-order valence-corrected chi connectivity index (χ1v) is 8.95. The van der Waals surface area contributed by atoms with Crippen molar-refractivity contribution in [2.75, 3.05) is 12.3 Å². The van der Waals surface area contributed by atoms with Crippen LogP contribution in [0.5, 0.6) is 0 Å². The minimum atomic E-state index is -3.58. The molecule has 0 unspecified atom stereocenters. The predicted octanol–water partition coefficient (Wildman–Crippen LogP) is 1.42. The van der Waals surface area contributed by atoms with Gasteiger partial charge in [0, 0.05) is 23.6 Å². The Labute approximate surface area is 136 Å². The number of sulfonamides is 1. The van der Waals surface area contributed by atoms with Crippen LogP contribution in [0, 0.1) is 20.8 Å². The van der Waals surface area contributed by atoms with Crippen LogP contribution >= 0.6 is 0 Å². The number of nitrogens with zero attached hydrogens (tertiary/aromatic N) is 1. The van der Waals surface area contributed by atoms with E-state index in [1.807, 2.05) is 49.6 Å². The fraction of sp³-hybridized carbons (Fsp3) is 0.312. The quantitative estimate of drug-likeness (QED) is 0.865. The van der Waals surface area contributed by atoms with Crippen molar-refractivity contribution >= 4 is 15.9 Å². The van der Waals surface area contributed by atoms with E-state index in [4.69, 9.17) is 5.14 Å². The lowest BCUT2D eigenvalue weighted by Crippen LogP contribution is -2.31. The molecule has 1 amide bonds. The van der Waals surface area contributed by atoms with Gasteiger partial charge in [0.1, 0.15) is 0 Å². The largest absolute Gasteiger partial charge is 0.351 e. The molecular formula is C16H21N3O3S. The van der Waals surface area contributed by atoms with Gasteiger partial charge >= 0.3 is 0 Å².